The SMILES string of the molecule is CC(C)(C)[Si](OC1C=c2ccccc2=C1)(c1ccccc1)c1ccccc1. The summed E-state index contributed by atoms with van der Waals surface area (Å²) in [5.41, 5.74) is 0. The predicted octanol–water partition coefficient (Wildman–Crippen LogP) is 3.21. The molecule has 0 saturated carbocycles. The molecule has 1 aliphatic carbocycles. The Bertz CT molecular complexity index is 958. The molecule has 0 heterocycles. The van der Waals surface area contributed by atoms with Crippen LogP contribution in [-0.4, -0.2) is 14.4 Å². The molecule has 0 amide bonds. The molecule has 3 aromatic rings. The van der Waals surface area contributed by atoms with Gasteiger partial charge in [-0.25, -0.2) is 0 Å². The van der Waals surface area contributed by atoms with Crippen molar-refractivity contribution in [2.24, 2.45) is 0 Å². The largest absolute Gasteiger partial charge is 0.398 e. The minimum Gasteiger partial charge on any atom is -0.398 e. The predicted molar refractivity (Wildman–Crippen MR) is 117 cm³/mol. The van der Waals surface area contributed by atoms with Crippen LogP contribution in [0.1, 0.15) is 20.8 Å². The second-order valence-electron chi connectivity index (χ2n) is 8.21. The van der Waals surface area contributed by atoms with Crippen LogP contribution < -0.4 is 20.8 Å². The van der Waals surface area contributed by atoms with E-state index in [2.05, 4.69) is 118 Å². The Labute approximate surface area is 162 Å². The maximum absolute atomic E-state index is 7.15. The zero-order valence-electron chi connectivity index (χ0n) is 16.2. The van der Waals surface area contributed by atoms with E-state index in [0.29, 0.717) is 0 Å². The average molecular weight is 371 g/mol. The quantitative estimate of drug-likeness (QED) is 0.641. The molecular weight excluding hydrogens is 344 g/mol. The van der Waals surface area contributed by atoms with E-state index in [-0.39, 0.29) is 11.1 Å². The lowest BCUT2D eigenvalue weighted by molar-refractivity contribution is 0.303. The molecule has 0 aromatic heterocycles. The molecule has 0 unspecified atom stereocenters. The molecule has 0 bridgehead atoms. The minimum atomic E-state index is -2.52. The smallest absolute Gasteiger partial charge is 0.262 e. The Morgan fingerprint density at radius 2 is 1.04 bits per heavy atom. The van der Waals surface area contributed by atoms with E-state index >= 15 is 0 Å². The first kappa shape index (κ1) is 18.0. The van der Waals surface area contributed by atoms with Crippen molar-refractivity contribution in [2.75, 3.05) is 0 Å². The van der Waals surface area contributed by atoms with Gasteiger partial charge in [0.25, 0.3) is 8.32 Å². The van der Waals surface area contributed by atoms with Crippen LogP contribution in [0.15, 0.2) is 84.9 Å². The molecule has 0 N–H and O–H groups in total. The van der Waals surface area contributed by atoms with Crippen molar-refractivity contribution in [3.05, 3.63) is 95.4 Å². The molecule has 2 heteroatoms. The van der Waals surface area contributed by atoms with E-state index in [1.54, 1.807) is 0 Å². The Balaban J connectivity index is 1.90. The van der Waals surface area contributed by atoms with Crippen molar-refractivity contribution in [2.45, 2.75) is 31.9 Å². The molecule has 0 fully saturated rings. The number of hydrogen-bond donors (Lipinski definition) is 0. The molecule has 1 aliphatic rings. The van der Waals surface area contributed by atoms with Gasteiger partial charge >= 0.3 is 0 Å². The zero-order valence-corrected chi connectivity index (χ0v) is 17.2. The van der Waals surface area contributed by atoms with E-state index in [1.807, 2.05) is 0 Å². The number of hydrogen-bond acceptors (Lipinski definition) is 1. The summed E-state index contributed by atoms with van der Waals surface area (Å²) < 4.78 is 7.15. The van der Waals surface area contributed by atoms with Crippen molar-refractivity contribution >= 4 is 30.8 Å². The summed E-state index contributed by atoms with van der Waals surface area (Å²) in [6.07, 6.45) is 4.51. The van der Waals surface area contributed by atoms with Crippen molar-refractivity contribution in [3.63, 3.8) is 0 Å². The third-order valence-electron chi connectivity index (χ3n) is 5.41. The topological polar surface area (TPSA) is 9.23 Å². The van der Waals surface area contributed by atoms with Crippen LogP contribution in [0, 0.1) is 0 Å². The summed E-state index contributed by atoms with van der Waals surface area (Å²) in [7, 11) is -2.52. The molecule has 136 valence electrons. The van der Waals surface area contributed by atoms with Gasteiger partial charge in [0.2, 0.25) is 0 Å². The number of rotatable bonds is 4. The van der Waals surface area contributed by atoms with E-state index in [4.69, 9.17) is 4.43 Å². The highest BCUT2D eigenvalue weighted by molar-refractivity contribution is 6.99. The fourth-order valence-electron chi connectivity index (χ4n) is 4.18. The van der Waals surface area contributed by atoms with Gasteiger partial charge in [-0.15, -0.1) is 0 Å². The standard InChI is InChI=1S/C25H26OSi/c1-25(2,3)27(23-14-6-4-7-15-23,24-16-8-5-9-17-24)26-22-18-20-12-10-11-13-21(20)19-22/h4-19,22H,1-3H3. The second kappa shape index (κ2) is 6.95. The first-order chi connectivity index (χ1) is 13.0. The van der Waals surface area contributed by atoms with Gasteiger partial charge in [-0.2, -0.15) is 0 Å². The first-order valence-electron chi connectivity index (χ1n) is 9.58. The molecule has 1 nitrogen and oxygen atoms in total. The molecule has 27 heavy (non-hydrogen) atoms. The van der Waals surface area contributed by atoms with E-state index < -0.39 is 8.32 Å². The zero-order chi connectivity index (χ0) is 18.9. The highest BCUT2D eigenvalue weighted by Gasteiger charge is 2.51. The highest BCUT2D eigenvalue weighted by Crippen LogP contribution is 2.37. The maximum atomic E-state index is 7.15. The van der Waals surface area contributed by atoms with Crippen molar-refractivity contribution < 1.29 is 4.43 Å². The summed E-state index contributed by atoms with van der Waals surface area (Å²) in [4.78, 5) is 0. The van der Waals surface area contributed by atoms with Gasteiger partial charge in [0.05, 0.1) is 6.10 Å². The molecule has 0 atom stereocenters. The molecule has 3 aromatic carbocycles. The molecule has 0 spiro atoms. The fraction of sp³-hybridized carbons (Fsp3) is 0.200. The van der Waals surface area contributed by atoms with Gasteiger partial charge in [0, 0.05) is 0 Å². The summed E-state index contributed by atoms with van der Waals surface area (Å²) in [5.74, 6) is 0. The van der Waals surface area contributed by atoms with Crippen LogP contribution in [0.2, 0.25) is 5.04 Å². The Kier molecular flexibility index (Phi) is 4.63. The summed E-state index contributed by atoms with van der Waals surface area (Å²) >= 11 is 0. The average Bonchev–Trinajstić information content (AvgIpc) is 3.09. The summed E-state index contributed by atoms with van der Waals surface area (Å²) in [6.45, 7) is 6.96. The van der Waals surface area contributed by atoms with Gasteiger partial charge in [-0.05, 0) is 38.0 Å². The molecule has 0 saturated heterocycles. The summed E-state index contributed by atoms with van der Waals surface area (Å²) in [6, 6.07) is 30.2. The Morgan fingerprint density at radius 3 is 1.44 bits per heavy atom. The summed E-state index contributed by atoms with van der Waals surface area (Å²) in [5, 5.41) is 5.16. The Morgan fingerprint density at radius 1 is 0.630 bits per heavy atom. The van der Waals surface area contributed by atoms with Crippen LogP contribution in [0.3, 0.4) is 0 Å². The molecule has 4 rings (SSSR count). The van der Waals surface area contributed by atoms with Gasteiger partial charge in [-0.1, -0.05) is 106 Å². The van der Waals surface area contributed by atoms with Gasteiger partial charge in [0.15, 0.2) is 0 Å². The number of benzene rings is 3. The minimum absolute atomic E-state index is 0.00583. The third-order valence-corrected chi connectivity index (χ3v) is 10.4. The monoisotopic (exact) mass is 370 g/mol. The van der Waals surface area contributed by atoms with Crippen LogP contribution in [0.4, 0.5) is 0 Å². The van der Waals surface area contributed by atoms with Crippen LogP contribution >= 0.6 is 0 Å². The van der Waals surface area contributed by atoms with Crippen molar-refractivity contribution in [3.8, 4) is 0 Å². The fourth-order valence-corrected chi connectivity index (χ4v) is 8.74. The van der Waals surface area contributed by atoms with Crippen molar-refractivity contribution in [1.29, 1.82) is 0 Å². The lowest BCUT2D eigenvalue weighted by Crippen LogP contribution is -2.67. The van der Waals surface area contributed by atoms with Crippen LogP contribution in [0.5, 0.6) is 0 Å². The Hall–Kier alpha value is -2.42. The molecular formula is C25H26OSi. The van der Waals surface area contributed by atoms with Crippen LogP contribution in [0.25, 0.3) is 12.2 Å². The van der Waals surface area contributed by atoms with E-state index in [0.717, 1.165) is 0 Å². The van der Waals surface area contributed by atoms with Gasteiger partial charge in [0.1, 0.15) is 0 Å². The third kappa shape index (κ3) is 3.20. The van der Waals surface area contributed by atoms with E-state index in [9.17, 15) is 0 Å². The first-order valence-corrected chi connectivity index (χ1v) is 11.5. The number of fused-ring (bicyclic) bond motifs is 1. The van der Waals surface area contributed by atoms with Gasteiger partial charge < -0.3 is 4.43 Å². The molecule has 0 aliphatic heterocycles. The lowest BCUT2D eigenvalue weighted by Gasteiger charge is -2.44. The highest BCUT2D eigenvalue weighted by atomic mass is 28.4. The molecule has 0 radical (unpaired) electrons. The second-order valence-corrected chi connectivity index (χ2v) is 12.5. The van der Waals surface area contributed by atoms with E-state index in [1.165, 1.54) is 20.8 Å². The van der Waals surface area contributed by atoms with Gasteiger partial charge in [-0.3, -0.25) is 0 Å². The maximum Gasteiger partial charge on any atom is 0.262 e. The normalized spacial score (nSPS) is 14.3. The van der Waals surface area contributed by atoms with Crippen molar-refractivity contribution in [1.82, 2.24) is 0 Å². The lowest BCUT2D eigenvalue weighted by atomic mass is 10.2. The van der Waals surface area contributed by atoms with Crippen LogP contribution in [-0.2, 0) is 4.43 Å².